The highest BCUT2D eigenvalue weighted by Crippen LogP contribution is 2.18. The summed E-state index contributed by atoms with van der Waals surface area (Å²) in [7, 11) is 0. The Kier molecular flexibility index (Phi) is 8.51. The number of nitrogens with zero attached hydrogens (tertiary/aromatic N) is 1. The fourth-order valence-electron chi connectivity index (χ4n) is 2.31. The van der Waals surface area contributed by atoms with Crippen molar-refractivity contribution in [2.24, 2.45) is 5.10 Å². The van der Waals surface area contributed by atoms with Gasteiger partial charge in [-0.1, -0.05) is 62.4 Å². The molecular formula is C22H24N2O2. The predicted molar refractivity (Wildman–Crippen MR) is 105 cm³/mol. The molecule has 0 aliphatic heterocycles. The predicted octanol–water partition coefficient (Wildman–Crippen LogP) is 4.41. The van der Waals surface area contributed by atoms with Crippen molar-refractivity contribution in [3.63, 3.8) is 0 Å². The molecule has 2 rings (SSSR count). The summed E-state index contributed by atoms with van der Waals surface area (Å²) in [6, 6.07) is 16.8. The van der Waals surface area contributed by atoms with E-state index in [4.69, 9.17) is 4.74 Å². The smallest absolute Gasteiger partial charge is 0.275 e. The average Bonchev–Trinajstić information content (AvgIpc) is 2.68. The second-order valence-corrected chi connectivity index (χ2v) is 5.74. The molecule has 0 radical (unpaired) electrons. The molecule has 26 heavy (non-hydrogen) atoms. The van der Waals surface area contributed by atoms with E-state index in [0.29, 0.717) is 17.9 Å². The SMILES string of the molecule is CCCCCCOc1ccccc1C(=O)NN=CC#Cc1ccccc1. The van der Waals surface area contributed by atoms with Crippen molar-refractivity contribution in [3.05, 3.63) is 65.7 Å². The maximum absolute atomic E-state index is 12.3. The largest absolute Gasteiger partial charge is 0.493 e. The summed E-state index contributed by atoms with van der Waals surface area (Å²) in [4.78, 5) is 12.3. The number of benzene rings is 2. The van der Waals surface area contributed by atoms with Crippen LogP contribution >= 0.6 is 0 Å². The summed E-state index contributed by atoms with van der Waals surface area (Å²) < 4.78 is 5.75. The van der Waals surface area contributed by atoms with E-state index >= 15 is 0 Å². The van der Waals surface area contributed by atoms with Crippen molar-refractivity contribution in [3.8, 4) is 17.6 Å². The maximum atomic E-state index is 12.3. The zero-order valence-electron chi connectivity index (χ0n) is 15.1. The van der Waals surface area contributed by atoms with Gasteiger partial charge in [0.05, 0.1) is 18.4 Å². The molecule has 0 heterocycles. The van der Waals surface area contributed by atoms with Gasteiger partial charge in [0, 0.05) is 5.56 Å². The van der Waals surface area contributed by atoms with Gasteiger partial charge in [-0.25, -0.2) is 5.43 Å². The fraction of sp³-hybridized carbons (Fsp3) is 0.273. The zero-order chi connectivity index (χ0) is 18.5. The standard InChI is InChI=1S/C22H24N2O2/c1-2-3-4-10-18-26-21-16-9-8-15-20(21)22(25)24-23-17-11-14-19-12-6-5-7-13-19/h5-9,12-13,15-17H,2-4,10,18H2,1H3,(H,24,25). The number of hydrogen-bond acceptors (Lipinski definition) is 3. The molecule has 1 N–H and O–H groups in total. The van der Waals surface area contributed by atoms with Gasteiger partial charge in [-0.05, 0) is 36.6 Å². The van der Waals surface area contributed by atoms with E-state index in [1.54, 1.807) is 18.2 Å². The molecule has 0 fully saturated rings. The number of rotatable bonds is 8. The van der Waals surface area contributed by atoms with E-state index < -0.39 is 0 Å². The van der Waals surface area contributed by atoms with E-state index in [9.17, 15) is 4.79 Å². The van der Waals surface area contributed by atoms with Gasteiger partial charge < -0.3 is 4.74 Å². The van der Waals surface area contributed by atoms with Crippen LogP contribution in [0.5, 0.6) is 5.75 Å². The molecule has 4 heteroatoms. The number of carbonyl (C=O) groups excluding carboxylic acids is 1. The molecule has 0 bridgehead atoms. The molecule has 0 aliphatic carbocycles. The summed E-state index contributed by atoms with van der Waals surface area (Å²) in [5, 5.41) is 3.87. The summed E-state index contributed by atoms with van der Waals surface area (Å²) in [6.45, 7) is 2.78. The lowest BCUT2D eigenvalue weighted by Gasteiger charge is -2.10. The van der Waals surface area contributed by atoms with Crippen molar-refractivity contribution in [1.82, 2.24) is 5.43 Å². The lowest BCUT2D eigenvalue weighted by Crippen LogP contribution is -2.18. The normalized spacial score (nSPS) is 10.2. The van der Waals surface area contributed by atoms with Gasteiger partial charge in [0.25, 0.3) is 5.91 Å². The highest BCUT2D eigenvalue weighted by Gasteiger charge is 2.10. The van der Waals surface area contributed by atoms with Gasteiger partial charge >= 0.3 is 0 Å². The van der Waals surface area contributed by atoms with E-state index in [1.165, 1.54) is 19.1 Å². The minimum Gasteiger partial charge on any atom is -0.493 e. The maximum Gasteiger partial charge on any atom is 0.275 e. The minimum atomic E-state index is -0.313. The summed E-state index contributed by atoms with van der Waals surface area (Å²) in [6.07, 6.45) is 5.87. The van der Waals surface area contributed by atoms with Crippen LogP contribution in [0.3, 0.4) is 0 Å². The molecule has 4 nitrogen and oxygen atoms in total. The van der Waals surface area contributed by atoms with Crippen molar-refractivity contribution >= 4 is 12.1 Å². The second-order valence-electron chi connectivity index (χ2n) is 5.74. The molecule has 2 aromatic carbocycles. The highest BCUT2D eigenvalue weighted by atomic mass is 16.5. The van der Waals surface area contributed by atoms with Gasteiger partial charge in [-0.15, -0.1) is 0 Å². The first-order chi connectivity index (χ1) is 12.8. The van der Waals surface area contributed by atoms with Gasteiger partial charge in [-0.3, -0.25) is 4.79 Å². The van der Waals surface area contributed by atoms with E-state index in [2.05, 4.69) is 29.3 Å². The number of nitrogens with one attached hydrogen (secondary N) is 1. The van der Waals surface area contributed by atoms with Crippen LogP contribution < -0.4 is 10.2 Å². The van der Waals surface area contributed by atoms with E-state index in [-0.39, 0.29) is 5.91 Å². The highest BCUT2D eigenvalue weighted by molar-refractivity contribution is 5.97. The van der Waals surface area contributed by atoms with Crippen LogP contribution in [0.1, 0.15) is 48.5 Å². The Hall–Kier alpha value is -3.06. The van der Waals surface area contributed by atoms with E-state index in [1.807, 2.05) is 36.4 Å². The van der Waals surface area contributed by atoms with Crippen LogP contribution in [-0.4, -0.2) is 18.7 Å². The first-order valence-corrected chi connectivity index (χ1v) is 8.91. The minimum absolute atomic E-state index is 0.313. The van der Waals surface area contributed by atoms with Crippen molar-refractivity contribution in [2.75, 3.05) is 6.61 Å². The molecule has 0 aromatic heterocycles. The molecule has 0 unspecified atom stereocenters. The monoisotopic (exact) mass is 348 g/mol. The van der Waals surface area contributed by atoms with Gasteiger partial charge in [-0.2, -0.15) is 5.10 Å². The third-order valence-corrected chi connectivity index (χ3v) is 3.67. The van der Waals surface area contributed by atoms with Gasteiger partial charge in [0.15, 0.2) is 0 Å². The molecule has 0 spiro atoms. The topological polar surface area (TPSA) is 50.7 Å². The van der Waals surface area contributed by atoms with E-state index in [0.717, 1.165) is 18.4 Å². The van der Waals surface area contributed by atoms with Crippen LogP contribution in [0.2, 0.25) is 0 Å². The fourth-order valence-corrected chi connectivity index (χ4v) is 2.31. The number of para-hydroxylation sites is 1. The number of carbonyl (C=O) groups is 1. The first kappa shape index (κ1) is 19.3. The molecule has 134 valence electrons. The molecule has 0 aliphatic rings. The van der Waals surface area contributed by atoms with Crippen LogP contribution in [0, 0.1) is 11.8 Å². The molecule has 1 amide bonds. The average molecular weight is 348 g/mol. The summed E-state index contributed by atoms with van der Waals surface area (Å²) in [5.74, 6) is 5.99. The molecule has 0 saturated heterocycles. The number of hydrazone groups is 1. The number of amides is 1. The third-order valence-electron chi connectivity index (χ3n) is 3.67. The van der Waals surface area contributed by atoms with Crippen LogP contribution in [0.4, 0.5) is 0 Å². The van der Waals surface area contributed by atoms with Crippen molar-refractivity contribution in [1.29, 1.82) is 0 Å². The Morgan fingerprint density at radius 3 is 2.65 bits per heavy atom. The van der Waals surface area contributed by atoms with Crippen molar-refractivity contribution in [2.45, 2.75) is 32.6 Å². The number of hydrogen-bond donors (Lipinski definition) is 1. The third kappa shape index (κ3) is 6.82. The Morgan fingerprint density at radius 2 is 1.85 bits per heavy atom. The number of unbranched alkanes of at least 4 members (excludes halogenated alkanes) is 3. The number of ether oxygens (including phenoxy) is 1. The van der Waals surface area contributed by atoms with Crippen LogP contribution in [0.15, 0.2) is 59.7 Å². The lowest BCUT2D eigenvalue weighted by molar-refractivity contribution is 0.0951. The van der Waals surface area contributed by atoms with Crippen LogP contribution in [0.25, 0.3) is 0 Å². The van der Waals surface area contributed by atoms with Crippen molar-refractivity contribution < 1.29 is 9.53 Å². The Labute approximate surface area is 155 Å². The van der Waals surface area contributed by atoms with Gasteiger partial charge in [0.2, 0.25) is 0 Å². The Bertz CT molecular complexity index is 773. The summed E-state index contributed by atoms with van der Waals surface area (Å²) in [5.41, 5.74) is 3.85. The lowest BCUT2D eigenvalue weighted by atomic mass is 10.2. The first-order valence-electron chi connectivity index (χ1n) is 8.91. The zero-order valence-corrected chi connectivity index (χ0v) is 15.1. The van der Waals surface area contributed by atoms with Gasteiger partial charge in [0.1, 0.15) is 5.75 Å². The van der Waals surface area contributed by atoms with Crippen LogP contribution in [-0.2, 0) is 0 Å². The second kappa shape index (κ2) is 11.5. The Balaban J connectivity index is 1.87. The molecular weight excluding hydrogens is 324 g/mol. The summed E-state index contributed by atoms with van der Waals surface area (Å²) >= 11 is 0. The Morgan fingerprint density at radius 1 is 1.08 bits per heavy atom. The molecule has 2 aromatic rings. The quantitative estimate of drug-likeness (QED) is 0.332. The molecule has 0 saturated carbocycles. The molecule has 0 atom stereocenters.